The molecule has 0 aliphatic rings. The molecule has 0 spiro atoms. The Kier molecular flexibility index (Phi) is 8.74. The van der Waals surface area contributed by atoms with E-state index in [1.165, 1.54) is 11.8 Å². The lowest BCUT2D eigenvalue weighted by Crippen LogP contribution is -2.33. The van der Waals surface area contributed by atoms with E-state index in [9.17, 15) is 9.59 Å². The fourth-order valence-corrected chi connectivity index (χ4v) is 4.44. The van der Waals surface area contributed by atoms with Crippen molar-refractivity contribution in [3.63, 3.8) is 0 Å². The van der Waals surface area contributed by atoms with Gasteiger partial charge in [0.2, 0.25) is 5.91 Å². The molecule has 3 rings (SSSR count). The van der Waals surface area contributed by atoms with Gasteiger partial charge in [-0.1, -0.05) is 61.0 Å². The number of hydrogen-bond donors (Lipinski definition) is 2. The first-order valence-corrected chi connectivity index (χ1v) is 12.6. The van der Waals surface area contributed by atoms with Gasteiger partial charge in [0.1, 0.15) is 0 Å². The summed E-state index contributed by atoms with van der Waals surface area (Å²) in [5.74, 6) is 0.625. The van der Waals surface area contributed by atoms with Gasteiger partial charge in [-0.25, -0.2) is 0 Å². The molecule has 0 aliphatic heterocycles. The summed E-state index contributed by atoms with van der Waals surface area (Å²) in [6.45, 7) is 10.5. The summed E-state index contributed by atoms with van der Waals surface area (Å²) in [4.78, 5) is 25.4. The third-order valence-corrected chi connectivity index (χ3v) is 6.86. The van der Waals surface area contributed by atoms with Gasteiger partial charge in [0.15, 0.2) is 11.0 Å². The molecule has 180 valence electrons. The van der Waals surface area contributed by atoms with Gasteiger partial charge in [-0.15, -0.1) is 10.2 Å². The Morgan fingerprint density at radius 2 is 1.79 bits per heavy atom. The number of carbonyl (C=O) groups excluding carboxylic acids is 2. The van der Waals surface area contributed by atoms with Crippen LogP contribution in [0.5, 0.6) is 0 Å². The Morgan fingerprint density at radius 1 is 1.09 bits per heavy atom. The van der Waals surface area contributed by atoms with Crippen LogP contribution in [0.25, 0.3) is 0 Å². The molecule has 0 saturated heterocycles. The van der Waals surface area contributed by atoms with Crippen molar-refractivity contribution in [3.05, 3.63) is 70.0 Å². The number of nitrogens with zero attached hydrogens (tertiary/aromatic N) is 3. The molecule has 1 heterocycles. The van der Waals surface area contributed by atoms with E-state index >= 15 is 0 Å². The highest BCUT2D eigenvalue weighted by Gasteiger charge is 2.26. The number of halogens is 1. The molecule has 0 aliphatic carbocycles. The summed E-state index contributed by atoms with van der Waals surface area (Å²) in [5, 5.41) is 15.9. The topological polar surface area (TPSA) is 88.9 Å². The van der Waals surface area contributed by atoms with Gasteiger partial charge in [0, 0.05) is 22.8 Å². The van der Waals surface area contributed by atoms with E-state index in [1.54, 1.807) is 12.1 Å². The minimum absolute atomic E-state index is 0.0934. The predicted molar refractivity (Wildman–Crippen MR) is 137 cm³/mol. The summed E-state index contributed by atoms with van der Waals surface area (Å²) in [7, 11) is 0. The molecule has 2 aromatic carbocycles. The number of anilines is 1. The average Bonchev–Trinajstić information content (AvgIpc) is 3.21. The van der Waals surface area contributed by atoms with Gasteiger partial charge in [0.05, 0.1) is 11.8 Å². The van der Waals surface area contributed by atoms with Crippen LogP contribution in [-0.2, 0) is 11.3 Å². The predicted octanol–water partition coefficient (Wildman–Crippen LogP) is 5.43. The van der Waals surface area contributed by atoms with Crippen molar-refractivity contribution in [2.45, 2.75) is 52.4 Å². The second-order valence-corrected chi connectivity index (χ2v) is 9.75. The van der Waals surface area contributed by atoms with Crippen molar-refractivity contribution >= 4 is 40.9 Å². The molecule has 2 N–H and O–H groups in total. The molecule has 34 heavy (non-hydrogen) atoms. The maximum Gasteiger partial charge on any atom is 0.251 e. The van der Waals surface area contributed by atoms with Crippen LogP contribution in [0.4, 0.5) is 5.69 Å². The second-order valence-electron chi connectivity index (χ2n) is 8.40. The van der Waals surface area contributed by atoms with Crippen LogP contribution in [0, 0.1) is 19.8 Å². The Morgan fingerprint density at radius 3 is 2.44 bits per heavy atom. The van der Waals surface area contributed by atoms with Crippen molar-refractivity contribution in [1.29, 1.82) is 0 Å². The molecule has 0 unspecified atom stereocenters. The third kappa shape index (κ3) is 6.18. The van der Waals surface area contributed by atoms with Gasteiger partial charge in [0.25, 0.3) is 5.91 Å². The number of nitrogens with one attached hydrogen (secondary N) is 2. The molecule has 0 fully saturated rings. The van der Waals surface area contributed by atoms with Crippen molar-refractivity contribution in [3.8, 4) is 0 Å². The van der Waals surface area contributed by atoms with E-state index < -0.39 is 0 Å². The molecule has 2 amide bonds. The molecule has 3 aromatic rings. The van der Waals surface area contributed by atoms with Crippen molar-refractivity contribution < 1.29 is 9.59 Å². The fourth-order valence-electron chi connectivity index (χ4n) is 3.45. The van der Waals surface area contributed by atoms with Gasteiger partial charge in [-0.2, -0.15) is 0 Å². The van der Waals surface area contributed by atoms with Crippen LogP contribution in [0.15, 0.2) is 47.6 Å². The molecular formula is C25H30ClN5O2S. The summed E-state index contributed by atoms with van der Waals surface area (Å²) >= 11 is 7.45. The van der Waals surface area contributed by atoms with E-state index in [0.717, 1.165) is 11.1 Å². The lowest BCUT2D eigenvalue weighted by Gasteiger charge is -2.22. The van der Waals surface area contributed by atoms with Crippen LogP contribution in [0.1, 0.15) is 54.1 Å². The normalized spacial score (nSPS) is 12.0. The zero-order valence-corrected chi connectivity index (χ0v) is 21.6. The molecular weight excluding hydrogens is 470 g/mol. The SMILES string of the molecule is CCn1c(SCC(=O)Nc2cccc(Cl)c2C)nnc1[C@@H](NC(=O)c1ccc(C)cc1)C(C)C. The highest BCUT2D eigenvalue weighted by atomic mass is 35.5. The van der Waals surface area contributed by atoms with E-state index in [4.69, 9.17) is 11.6 Å². The van der Waals surface area contributed by atoms with E-state index in [-0.39, 0.29) is 29.5 Å². The molecule has 1 atom stereocenters. The Bertz CT molecular complexity index is 1160. The largest absolute Gasteiger partial charge is 0.342 e. The number of carbonyl (C=O) groups is 2. The molecule has 0 radical (unpaired) electrons. The number of aryl methyl sites for hydroxylation is 1. The zero-order valence-electron chi connectivity index (χ0n) is 20.1. The number of thioether (sulfide) groups is 1. The fraction of sp³-hybridized carbons (Fsp3) is 0.360. The quantitative estimate of drug-likeness (QED) is 0.383. The van der Waals surface area contributed by atoms with Gasteiger partial charge in [-0.3, -0.25) is 9.59 Å². The first-order valence-electron chi connectivity index (χ1n) is 11.2. The van der Waals surface area contributed by atoms with Crippen molar-refractivity contribution in [2.24, 2.45) is 5.92 Å². The Labute approximate surface area is 209 Å². The third-order valence-electron chi connectivity index (χ3n) is 5.48. The standard InChI is InChI=1S/C25H30ClN5O2S/c1-6-31-23(22(15(2)3)28-24(33)18-12-10-16(4)11-13-18)29-30-25(31)34-14-21(32)27-20-9-7-8-19(26)17(20)5/h7-13,15,22H,6,14H2,1-5H3,(H,27,32)(H,28,33)/t22-/m0/s1. The molecule has 0 saturated carbocycles. The average molecular weight is 500 g/mol. The highest BCUT2D eigenvalue weighted by Crippen LogP contribution is 2.27. The first-order chi connectivity index (χ1) is 16.2. The minimum atomic E-state index is -0.321. The lowest BCUT2D eigenvalue weighted by atomic mass is 10.0. The Balaban J connectivity index is 1.72. The van der Waals surface area contributed by atoms with E-state index in [0.29, 0.717) is 33.8 Å². The van der Waals surface area contributed by atoms with Crippen LogP contribution in [-0.4, -0.2) is 32.3 Å². The molecule has 0 bridgehead atoms. The summed E-state index contributed by atoms with van der Waals surface area (Å²) in [6, 6.07) is 12.5. The van der Waals surface area contributed by atoms with E-state index in [2.05, 4.69) is 20.8 Å². The maximum absolute atomic E-state index is 12.9. The highest BCUT2D eigenvalue weighted by molar-refractivity contribution is 7.99. The minimum Gasteiger partial charge on any atom is -0.342 e. The number of benzene rings is 2. The smallest absolute Gasteiger partial charge is 0.251 e. The number of rotatable bonds is 9. The second kappa shape index (κ2) is 11.5. The van der Waals surface area contributed by atoms with Crippen LogP contribution in [0.2, 0.25) is 5.02 Å². The molecule has 7 nitrogen and oxygen atoms in total. The van der Waals surface area contributed by atoms with Crippen molar-refractivity contribution in [1.82, 2.24) is 20.1 Å². The number of amides is 2. The van der Waals surface area contributed by atoms with Gasteiger partial charge >= 0.3 is 0 Å². The summed E-state index contributed by atoms with van der Waals surface area (Å²) in [5.41, 5.74) is 3.21. The van der Waals surface area contributed by atoms with Crippen molar-refractivity contribution in [2.75, 3.05) is 11.1 Å². The van der Waals surface area contributed by atoms with Gasteiger partial charge < -0.3 is 15.2 Å². The number of aromatic nitrogens is 3. The maximum atomic E-state index is 12.9. The zero-order chi connectivity index (χ0) is 24.8. The van der Waals surface area contributed by atoms with Crippen LogP contribution in [0.3, 0.4) is 0 Å². The Hall–Kier alpha value is -2.84. The van der Waals surface area contributed by atoms with E-state index in [1.807, 2.05) is 69.5 Å². The van der Waals surface area contributed by atoms with Crippen LogP contribution >= 0.6 is 23.4 Å². The van der Waals surface area contributed by atoms with Gasteiger partial charge in [-0.05, 0) is 56.5 Å². The molecule has 1 aromatic heterocycles. The monoisotopic (exact) mass is 499 g/mol. The summed E-state index contributed by atoms with van der Waals surface area (Å²) < 4.78 is 1.95. The summed E-state index contributed by atoms with van der Waals surface area (Å²) in [6.07, 6.45) is 0. The lowest BCUT2D eigenvalue weighted by molar-refractivity contribution is -0.113. The molecule has 9 heteroatoms. The first kappa shape index (κ1) is 25.8. The van der Waals surface area contributed by atoms with Crippen LogP contribution < -0.4 is 10.6 Å². The number of hydrogen-bond acceptors (Lipinski definition) is 5.